The number of piperidine rings is 1. The van der Waals surface area contributed by atoms with Crippen LogP contribution in [0.3, 0.4) is 0 Å². The summed E-state index contributed by atoms with van der Waals surface area (Å²) in [5, 5.41) is 0. The van der Waals surface area contributed by atoms with Crippen molar-refractivity contribution in [3.8, 4) is 17.4 Å². The smallest absolute Gasteiger partial charge is 0.245 e. The SMILES string of the molecule is C=CC(=O)N1CCC(c2nc(C)cc(Oc3cccc(OC)c3)n2)CC1. The number of carbonyl (C=O) groups is 1. The van der Waals surface area contributed by atoms with E-state index >= 15 is 0 Å². The highest BCUT2D eigenvalue weighted by Gasteiger charge is 2.25. The Kier molecular flexibility index (Phi) is 5.51. The molecule has 3 rings (SSSR count). The van der Waals surface area contributed by atoms with Crippen molar-refractivity contribution in [2.24, 2.45) is 0 Å². The fraction of sp³-hybridized carbons (Fsp3) is 0.350. The van der Waals surface area contributed by atoms with Crippen LogP contribution < -0.4 is 9.47 Å². The van der Waals surface area contributed by atoms with E-state index in [9.17, 15) is 4.79 Å². The van der Waals surface area contributed by atoms with Gasteiger partial charge in [0.2, 0.25) is 11.8 Å². The summed E-state index contributed by atoms with van der Waals surface area (Å²) < 4.78 is 11.1. The molecule has 0 aliphatic carbocycles. The molecule has 1 saturated heterocycles. The van der Waals surface area contributed by atoms with Crippen molar-refractivity contribution in [1.82, 2.24) is 14.9 Å². The Morgan fingerprint density at radius 3 is 2.65 bits per heavy atom. The fourth-order valence-corrected chi connectivity index (χ4v) is 3.07. The van der Waals surface area contributed by atoms with Gasteiger partial charge in [0.15, 0.2) is 0 Å². The molecule has 6 heteroatoms. The van der Waals surface area contributed by atoms with Crippen LogP contribution in [0.4, 0.5) is 0 Å². The Morgan fingerprint density at radius 2 is 1.96 bits per heavy atom. The van der Waals surface area contributed by atoms with E-state index in [2.05, 4.69) is 16.5 Å². The molecule has 1 aromatic carbocycles. The van der Waals surface area contributed by atoms with Crippen LogP contribution in [0.15, 0.2) is 43.0 Å². The van der Waals surface area contributed by atoms with E-state index in [0.717, 1.165) is 30.1 Å². The molecule has 1 aromatic heterocycles. The van der Waals surface area contributed by atoms with Crippen LogP contribution in [0.25, 0.3) is 0 Å². The van der Waals surface area contributed by atoms with E-state index < -0.39 is 0 Å². The highest BCUT2D eigenvalue weighted by atomic mass is 16.5. The number of ether oxygens (including phenoxy) is 2. The first-order chi connectivity index (χ1) is 12.6. The van der Waals surface area contributed by atoms with Crippen LogP contribution >= 0.6 is 0 Å². The zero-order valence-corrected chi connectivity index (χ0v) is 15.1. The largest absolute Gasteiger partial charge is 0.497 e. The van der Waals surface area contributed by atoms with E-state index in [1.54, 1.807) is 7.11 Å². The number of methoxy groups -OCH3 is 1. The summed E-state index contributed by atoms with van der Waals surface area (Å²) in [6, 6.07) is 9.23. The third-order valence-electron chi connectivity index (χ3n) is 4.46. The molecule has 0 N–H and O–H groups in total. The average molecular weight is 353 g/mol. The predicted octanol–water partition coefficient (Wildman–Crippen LogP) is 3.48. The monoisotopic (exact) mass is 353 g/mol. The van der Waals surface area contributed by atoms with Gasteiger partial charge in [0.05, 0.1) is 7.11 Å². The maximum Gasteiger partial charge on any atom is 0.245 e. The summed E-state index contributed by atoms with van der Waals surface area (Å²) in [6.45, 7) is 6.86. The van der Waals surface area contributed by atoms with Crippen molar-refractivity contribution < 1.29 is 14.3 Å². The second-order valence-corrected chi connectivity index (χ2v) is 6.29. The molecule has 6 nitrogen and oxygen atoms in total. The minimum Gasteiger partial charge on any atom is -0.497 e. The standard InChI is InChI=1S/C20H23N3O3/c1-4-19(24)23-10-8-15(9-11-23)20-21-14(2)12-18(22-20)26-17-7-5-6-16(13-17)25-3/h4-7,12-13,15H,1,8-11H2,2-3H3. The minimum absolute atomic E-state index is 0.0179. The zero-order chi connectivity index (χ0) is 18.5. The highest BCUT2D eigenvalue weighted by Crippen LogP contribution is 2.29. The Morgan fingerprint density at radius 1 is 1.23 bits per heavy atom. The topological polar surface area (TPSA) is 64.6 Å². The summed E-state index contributed by atoms with van der Waals surface area (Å²) in [6.07, 6.45) is 3.03. The van der Waals surface area contributed by atoms with Gasteiger partial charge in [0.25, 0.3) is 0 Å². The van der Waals surface area contributed by atoms with Gasteiger partial charge in [0.1, 0.15) is 17.3 Å². The Labute approximate surface area is 153 Å². The predicted molar refractivity (Wildman–Crippen MR) is 98.6 cm³/mol. The number of likely N-dealkylation sites (tertiary alicyclic amines) is 1. The Bertz CT molecular complexity index is 799. The fourth-order valence-electron chi connectivity index (χ4n) is 3.07. The quantitative estimate of drug-likeness (QED) is 0.770. The summed E-state index contributed by atoms with van der Waals surface area (Å²) in [4.78, 5) is 22.7. The summed E-state index contributed by atoms with van der Waals surface area (Å²) in [7, 11) is 1.62. The van der Waals surface area contributed by atoms with E-state index in [1.807, 2.05) is 42.2 Å². The summed E-state index contributed by atoms with van der Waals surface area (Å²) in [5.74, 6) is 2.89. The molecule has 26 heavy (non-hydrogen) atoms. The second kappa shape index (κ2) is 7.99. The maximum absolute atomic E-state index is 11.7. The molecule has 1 fully saturated rings. The number of hydrogen-bond acceptors (Lipinski definition) is 5. The number of benzene rings is 1. The number of aromatic nitrogens is 2. The normalized spacial score (nSPS) is 14.8. The van der Waals surface area contributed by atoms with E-state index in [-0.39, 0.29) is 11.8 Å². The van der Waals surface area contributed by atoms with E-state index in [1.165, 1.54) is 6.08 Å². The average Bonchev–Trinajstić information content (AvgIpc) is 2.67. The van der Waals surface area contributed by atoms with Gasteiger partial charge >= 0.3 is 0 Å². The first-order valence-electron chi connectivity index (χ1n) is 8.68. The van der Waals surface area contributed by atoms with Crippen molar-refractivity contribution in [1.29, 1.82) is 0 Å². The molecule has 0 bridgehead atoms. The van der Waals surface area contributed by atoms with E-state index in [4.69, 9.17) is 9.47 Å². The molecule has 1 aliphatic heterocycles. The third-order valence-corrected chi connectivity index (χ3v) is 4.46. The second-order valence-electron chi connectivity index (χ2n) is 6.29. The van der Waals surface area contributed by atoms with Crippen LogP contribution in [-0.4, -0.2) is 41.0 Å². The molecule has 2 aromatic rings. The van der Waals surface area contributed by atoms with Crippen molar-refractivity contribution in [3.63, 3.8) is 0 Å². The van der Waals surface area contributed by atoms with Crippen LogP contribution in [0.5, 0.6) is 17.4 Å². The molecule has 136 valence electrons. The third kappa shape index (κ3) is 4.20. The van der Waals surface area contributed by atoms with E-state index in [0.29, 0.717) is 24.7 Å². The van der Waals surface area contributed by atoms with Gasteiger partial charge < -0.3 is 14.4 Å². The zero-order valence-electron chi connectivity index (χ0n) is 15.1. The van der Waals surface area contributed by atoms with Gasteiger partial charge in [-0.25, -0.2) is 4.98 Å². The molecule has 0 saturated carbocycles. The van der Waals surface area contributed by atoms with Gasteiger partial charge in [-0.15, -0.1) is 0 Å². The lowest BCUT2D eigenvalue weighted by Gasteiger charge is -2.30. The number of nitrogens with zero attached hydrogens (tertiary/aromatic N) is 3. The lowest BCUT2D eigenvalue weighted by atomic mass is 9.96. The molecule has 1 amide bonds. The lowest BCUT2D eigenvalue weighted by molar-refractivity contribution is -0.127. The molecule has 0 unspecified atom stereocenters. The van der Waals surface area contributed by atoms with Crippen LogP contribution in [0.2, 0.25) is 0 Å². The van der Waals surface area contributed by atoms with Gasteiger partial charge in [-0.3, -0.25) is 4.79 Å². The molecular formula is C20H23N3O3. The Hall–Kier alpha value is -2.89. The lowest BCUT2D eigenvalue weighted by Crippen LogP contribution is -2.37. The van der Waals surface area contributed by atoms with Gasteiger partial charge in [0, 0.05) is 36.8 Å². The van der Waals surface area contributed by atoms with Gasteiger partial charge in [-0.05, 0) is 38.0 Å². The van der Waals surface area contributed by atoms with Crippen LogP contribution in [0.1, 0.15) is 30.3 Å². The molecule has 0 spiro atoms. The molecule has 2 heterocycles. The Balaban J connectivity index is 1.74. The minimum atomic E-state index is -0.0179. The van der Waals surface area contributed by atoms with Gasteiger partial charge in [-0.2, -0.15) is 4.98 Å². The molecule has 1 aliphatic rings. The number of amides is 1. The number of rotatable bonds is 5. The summed E-state index contributed by atoms with van der Waals surface area (Å²) in [5.41, 5.74) is 0.859. The van der Waals surface area contributed by atoms with Crippen molar-refractivity contribution in [2.75, 3.05) is 20.2 Å². The van der Waals surface area contributed by atoms with Crippen molar-refractivity contribution >= 4 is 5.91 Å². The maximum atomic E-state index is 11.7. The number of hydrogen-bond donors (Lipinski definition) is 0. The highest BCUT2D eigenvalue weighted by molar-refractivity contribution is 5.87. The molecule has 0 atom stereocenters. The molecule has 0 radical (unpaired) electrons. The molecular weight excluding hydrogens is 330 g/mol. The van der Waals surface area contributed by atoms with Gasteiger partial charge in [-0.1, -0.05) is 12.6 Å². The first-order valence-corrected chi connectivity index (χ1v) is 8.68. The first kappa shape index (κ1) is 17.9. The van der Waals surface area contributed by atoms with Crippen LogP contribution in [0, 0.1) is 6.92 Å². The number of carbonyl (C=O) groups excluding carboxylic acids is 1. The van der Waals surface area contributed by atoms with Crippen LogP contribution in [-0.2, 0) is 4.79 Å². The summed E-state index contributed by atoms with van der Waals surface area (Å²) >= 11 is 0. The number of aryl methyl sites for hydroxylation is 1. The van der Waals surface area contributed by atoms with Crippen molar-refractivity contribution in [2.45, 2.75) is 25.7 Å². The van der Waals surface area contributed by atoms with Crippen molar-refractivity contribution in [3.05, 3.63) is 54.5 Å².